The topological polar surface area (TPSA) is 75.6 Å². The Morgan fingerprint density at radius 2 is 1.75 bits per heavy atom. The second-order valence-electron chi connectivity index (χ2n) is 5.08. The highest BCUT2D eigenvalue weighted by molar-refractivity contribution is 5.94. The predicted octanol–water partition coefficient (Wildman–Crippen LogP) is 2.52. The molecule has 2 N–H and O–H groups in total. The van der Waals surface area contributed by atoms with Gasteiger partial charge in [-0.1, -0.05) is 12.1 Å². The van der Waals surface area contributed by atoms with Gasteiger partial charge in [-0.15, -0.1) is 0 Å². The number of hydrogen-bond acceptors (Lipinski definition) is 3. The summed E-state index contributed by atoms with van der Waals surface area (Å²) in [6, 6.07) is 7.25. The second-order valence-corrected chi connectivity index (χ2v) is 5.08. The maximum absolute atomic E-state index is 12.2. The Morgan fingerprint density at radius 3 is 2.35 bits per heavy atom. The number of amides is 1. The van der Waals surface area contributed by atoms with E-state index < -0.39 is 5.97 Å². The second kappa shape index (κ2) is 6.41. The molecule has 5 heteroatoms. The van der Waals surface area contributed by atoms with E-state index in [2.05, 4.69) is 5.32 Å². The fourth-order valence-corrected chi connectivity index (χ4v) is 2.59. The van der Waals surface area contributed by atoms with E-state index in [9.17, 15) is 9.59 Å². The maximum atomic E-state index is 12.2. The molecule has 20 heavy (non-hydrogen) atoms. The number of carbonyl (C=O) groups excluding carboxylic acids is 1. The van der Waals surface area contributed by atoms with Crippen LogP contribution in [0.4, 0.5) is 5.69 Å². The van der Waals surface area contributed by atoms with Crippen LogP contribution in [0.15, 0.2) is 24.3 Å². The number of nitrogens with one attached hydrogen (secondary N) is 1. The molecule has 1 aromatic carbocycles. The van der Waals surface area contributed by atoms with Gasteiger partial charge in [-0.2, -0.15) is 0 Å². The van der Waals surface area contributed by atoms with Gasteiger partial charge in [0.05, 0.1) is 18.7 Å². The van der Waals surface area contributed by atoms with Crippen molar-refractivity contribution in [2.45, 2.75) is 25.7 Å². The van der Waals surface area contributed by atoms with Crippen LogP contribution >= 0.6 is 0 Å². The lowest BCUT2D eigenvalue weighted by atomic mass is 9.81. The molecule has 0 spiro atoms. The molecule has 1 aromatic rings. The Kier molecular flexibility index (Phi) is 4.61. The van der Waals surface area contributed by atoms with Crippen molar-refractivity contribution < 1.29 is 19.4 Å². The zero-order chi connectivity index (χ0) is 14.5. The van der Waals surface area contributed by atoms with Crippen molar-refractivity contribution in [3.05, 3.63) is 24.3 Å². The third kappa shape index (κ3) is 3.29. The molecule has 1 saturated carbocycles. The lowest BCUT2D eigenvalue weighted by Gasteiger charge is -2.25. The molecule has 0 heterocycles. The first kappa shape index (κ1) is 14.4. The number of ether oxygens (including phenoxy) is 1. The van der Waals surface area contributed by atoms with E-state index in [1.54, 1.807) is 19.2 Å². The van der Waals surface area contributed by atoms with Crippen LogP contribution in [0.3, 0.4) is 0 Å². The van der Waals surface area contributed by atoms with E-state index in [4.69, 9.17) is 9.84 Å². The molecule has 2 rings (SSSR count). The van der Waals surface area contributed by atoms with Crippen LogP contribution in [-0.2, 0) is 9.59 Å². The van der Waals surface area contributed by atoms with Crippen LogP contribution in [0.25, 0.3) is 0 Å². The Labute approximate surface area is 117 Å². The van der Waals surface area contributed by atoms with Crippen LogP contribution in [-0.4, -0.2) is 24.1 Å². The molecule has 0 saturated heterocycles. The van der Waals surface area contributed by atoms with Gasteiger partial charge in [0.25, 0.3) is 0 Å². The van der Waals surface area contributed by atoms with Gasteiger partial charge < -0.3 is 15.2 Å². The van der Waals surface area contributed by atoms with Crippen LogP contribution in [0, 0.1) is 11.8 Å². The molecule has 1 fully saturated rings. The van der Waals surface area contributed by atoms with Crippen molar-refractivity contribution >= 4 is 17.6 Å². The zero-order valence-electron chi connectivity index (χ0n) is 11.5. The number of hydrogen-bond donors (Lipinski definition) is 2. The zero-order valence-corrected chi connectivity index (χ0v) is 11.5. The van der Waals surface area contributed by atoms with Crippen molar-refractivity contribution in [3.8, 4) is 5.75 Å². The predicted molar refractivity (Wildman–Crippen MR) is 74.7 cm³/mol. The normalized spacial score (nSPS) is 22.1. The summed E-state index contributed by atoms with van der Waals surface area (Å²) in [4.78, 5) is 23.1. The molecule has 1 aliphatic carbocycles. The summed E-state index contributed by atoms with van der Waals surface area (Å²) in [7, 11) is 1.56. The van der Waals surface area contributed by atoms with Gasteiger partial charge in [0.1, 0.15) is 5.75 Å². The van der Waals surface area contributed by atoms with Gasteiger partial charge >= 0.3 is 5.97 Å². The summed E-state index contributed by atoms with van der Waals surface area (Å²) >= 11 is 0. The Morgan fingerprint density at radius 1 is 1.15 bits per heavy atom. The molecule has 0 unspecified atom stereocenters. The number of carboxylic acid groups (broad SMARTS) is 1. The van der Waals surface area contributed by atoms with E-state index in [1.165, 1.54) is 0 Å². The molecule has 0 aliphatic heterocycles. The summed E-state index contributed by atoms with van der Waals surface area (Å²) in [6.45, 7) is 0. The quantitative estimate of drug-likeness (QED) is 0.886. The highest BCUT2D eigenvalue weighted by Crippen LogP contribution is 2.31. The molecule has 5 nitrogen and oxygen atoms in total. The highest BCUT2D eigenvalue weighted by atomic mass is 16.5. The molecule has 1 amide bonds. The number of anilines is 1. The number of benzene rings is 1. The fraction of sp³-hybridized carbons (Fsp3) is 0.467. The van der Waals surface area contributed by atoms with E-state index in [0.717, 1.165) is 0 Å². The number of rotatable bonds is 4. The molecule has 108 valence electrons. The highest BCUT2D eigenvalue weighted by Gasteiger charge is 2.29. The van der Waals surface area contributed by atoms with Crippen molar-refractivity contribution in [2.75, 3.05) is 12.4 Å². The van der Waals surface area contributed by atoms with Crippen molar-refractivity contribution in [3.63, 3.8) is 0 Å². The van der Waals surface area contributed by atoms with Gasteiger partial charge in [-0.3, -0.25) is 9.59 Å². The lowest BCUT2D eigenvalue weighted by Crippen LogP contribution is -2.29. The van der Waals surface area contributed by atoms with Gasteiger partial charge in [0.15, 0.2) is 0 Å². The molecule has 0 aromatic heterocycles. The first-order valence-corrected chi connectivity index (χ1v) is 6.78. The van der Waals surface area contributed by atoms with E-state index in [-0.39, 0.29) is 17.7 Å². The smallest absolute Gasteiger partial charge is 0.306 e. The minimum Gasteiger partial charge on any atom is -0.495 e. The summed E-state index contributed by atoms with van der Waals surface area (Å²) < 4.78 is 5.19. The van der Waals surface area contributed by atoms with Crippen LogP contribution in [0.2, 0.25) is 0 Å². The summed E-state index contributed by atoms with van der Waals surface area (Å²) in [5.41, 5.74) is 0.653. The molecular weight excluding hydrogens is 258 g/mol. The first-order valence-electron chi connectivity index (χ1n) is 6.78. The van der Waals surface area contributed by atoms with Crippen molar-refractivity contribution in [1.29, 1.82) is 0 Å². The number of para-hydroxylation sites is 2. The maximum Gasteiger partial charge on any atom is 0.306 e. The fourth-order valence-electron chi connectivity index (χ4n) is 2.59. The Balaban J connectivity index is 1.94. The van der Waals surface area contributed by atoms with Gasteiger partial charge in [0.2, 0.25) is 5.91 Å². The van der Waals surface area contributed by atoms with Gasteiger partial charge in [-0.25, -0.2) is 0 Å². The molecular formula is C15H19NO4. The van der Waals surface area contributed by atoms with Gasteiger partial charge in [0, 0.05) is 5.92 Å². The summed E-state index contributed by atoms with van der Waals surface area (Å²) in [5.74, 6) is -0.604. The summed E-state index contributed by atoms with van der Waals surface area (Å²) in [6.07, 6.45) is 2.38. The summed E-state index contributed by atoms with van der Waals surface area (Å²) in [5, 5.41) is 11.8. The third-order valence-corrected chi connectivity index (χ3v) is 3.81. The van der Waals surface area contributed by atoms with E-state index in [1.807, 2.05) is 12.1 Å². The molecule has 0 atom stereocenters. The molecule has 0 bridgehead atoms. The number of aliphatic carboxylic acids is 1. The minimum absolute atomic E-state index is 0.0571. The third-order valence-electron chi connectivity index (χ3n) is 3.81. The monoisotopic (exact) mass is 277 g/mol. The lowest BCUT2D eigenvalue weighted by molar-refractivity contribution is -0.143. The number of methoxy groups -OCH3 is 1. The average molecular weight is 277 g/mol. The Hall–Kier alpha value is -2.04. The van der Waals surface area contributed by atoms with Crippen molar-refractivity contribution in [2.24, 2.45) is 11.8 Å². The standard InChI is InChI=1S/C15H19NO4/c1-20-13-5-3-2-4-12(13)16-14(17)10-6-8-11(9-7-10)15(18)19/h2-5,10-11H,6-9H2,1H3,(H,16,17)(H,18,19). The molecule has 0 radical (unpaired) electrons. The van der Waals surface area contributed by atoms with E-state index >= 15 is 0 Å². The minimum atomic E-state index is -0.756. The average Bonchev–Trinajstić information content (AvgIpc) is 2.48. The van der Waals surface area contributed by atoms with E-state index in [0.29, 0.717) is 37.1 Å². The Bertz CT molecular complexity index is 492. The number of carbonyl (C=O) groups is 2. The number of carboxylic acids is 1. The van der Waals surface area contributed by atoms with Crippen LogP contribution in [0.5, 0.6) is 5.75 Å². The van der Waals surface area contributed by atoms with Crippen LogP contribution in [0.1, 0.15) is 25.7 Å². The molecule has 1 aliphatic rings. The SMILES string of the molecule is COc1ccccc1NC(=O)C1CCC(C(=O)O)CC1. The van der Waals surface area contributed by atoms with Crippen LogP contribution < -0.4 is 10.1 Å². The van der Waals surface area contributed by atoms with Gasteiger partial charge in [-0.05, 0) is 37.8 Å². The van der Waals surface area contributed by atoms with Crippen molar-refractivity contribution in [1.82, 2.24) is 0 Å². The largest absolute Gasteiger partial charge is 0.495 e. The first-order chi connectivity index (χ1) is 9.61.